The van der Waals surface area contributed by atoms with Gasteiger partial charge in [0.2, 0.25) is 5.91 Å². The maximum absolute atomic E-state index is 12.3. The third-order valence-electron chi connectivity index (χ3n) is 5.98. The van der Waals surface area contributed by atoms with Crippen LogP contribution in [0.5, 0.6) is 0 Å². The number of piperazine rings is 1. The number of carboxylic acid groups (broad SMARTS) is 2. The first-order valence-corrected chi connectivity index (χ1v) is 10.9. The van der Waals surface area contributed by atoms with Crippen molar-refractivity contribution in [3.8, 4) is 0 Å². The van der Waals surface area contributed by atoms with Gasteiger partial charge in [-0.15, -0.1) is 0 Å². The first-order chi connectivity index (χ1) is 16.3. The average Bonchev–Trinajstić information content (AvgIpc) is 3.39. The number of carbonyl (C=O) groups is 3. The Bertz CT molecular complexity index is 1200. The largest absolute Gasteiger partial charge is 0.481 e. The number of aromatic nitrogens is 3. The summed E-state index contributed by atoms with van der Waals surface area (Å²) in [6.07, 6.45) is 1.32. The Balaban J connectivity index is 1.44. The smallest absolute Gasteiger partial charge is 0.325 e. The fraction of sp³-hybridized carbons (Fsp3) is 0.409. The summed E-state index contributed by atoms with van der Waals surface area (Å²) in [4.78, 5) is 42.0. The number of fused-ring (bicyclic) bond motifs is 1. The Morgan fingerprint density at radius 2 is 1.91 bits per heavy atom. The number of aryl methyl sites for hydroxylation is 1. The van der Waals surface area contributed by atoms with Gasteiger partial charge in [-0.25, -0.2) is 4.63 Å². The molecule has 0 saturated carbocycles. The summed E-state index contributed by atoms with van der Waals surface area (Å²) in [7, 11) is 0. The summed E-state index contributed by atoms with van der Waals surface area (Å²) in [6.45, 7) is 4.97. The van der Waals surface area contributed by atoms with Crippen LogP contribution in [0.25, 0.3) is 10.9 Å². The van der Waals surface area contributed by atoms with Crippen LogP contribution in [0.4, 0.5) is 5.69 Å². The zero-order valence-corrected chi connectivity index (χ0v) is 18.7. The van der Waals surface area contributed by atoms with Crippen LogP contribution in [0.15, 0.2) is 29.0 Å². The monoisotopic (exact) mass is 470 g/mol. The third-order valence-corrected chi connectivity index (χ3v) is 5.98. The van der Waals surface area contributed by atoms with Crippen molar-refractivity contribution in [2.24, 2.45) is 0 Å². The molecule has 34 heavy (non-hydrogen) atoms. The number of hydrogen-bond acceptors (Lipinski definition) is 8. The molecule has 0 radical (unpaired) electrons. The number of hydrogen-bond donors (Lipinski definition) is 4. The summed E-state index contributed by atoms with van der Waals surface area (Å²) >= 11 is 0. The van der Waals surface area contributed by atoms with Gasteiger partial charge in [-0.2, -0.15) is 0 Å². The van der Waals surface area contributed by atoms with Crippen molar-refractivity contribution < 1.29 is 29.2 Å². The number of aliphatic carboxylic acids is 2. The minimum absolute atomic E-state index is 0.122. The molecule has 1 aliphatic heterocycles. The van der Waals surface area contributed by atoms with Crippen LogP contribution in [0.1, 0.15) is 35.8 Å². The van der Waals surface area contributed by atoms with Crippen molar-refractivity contribution in [3.63, 3.8) is 0 Å². The molecule has 1 amide bonds. The molecule has 3 heterocycles. The molecular weight excluding hydrogens is 444 g/mol. The summed E-state index contributed by atoms with van der Waals surface area (Å²) in [5.74, 6) is -2.37. The molecule has 2 aromatic heterocycles. The highest BCUT2D eigenvalue weighted by molar-refractivity contribution is 5.96. The SMILES string of the molecule is Cc1nonc1CN1CCN([C@H](C(=O)O)c2c[nH]c3cc(NC(=O)CCC(=O)O)ccc23)CC1. The topological polar surface area (TPSA) is 165 Å². The highest BCUT2D eigenvalue weighted by atomic mass is 16.6. The van der Waals surface area contributed by atoms with E-state index in [1.165, 1.54) is 0 Å². The van der Waals surface area contributed by atoms with Crippen LogP contribution in [-0.4, -0.2) is 79.3 Å². The van der Waals surface area contributed by atoms with E-state index < -0.39 is 23.9 Å². The number of nitrogens with zero attached hydrogens (tertiary/aromatic N) is 4. The number of anilines is 1. The molecule has 12 heteroatoms. The zero-order chi connectivity index (χ0) is 24.2. The molecule has 0 unspecified atom stereocenters. The van der Waals surface area contributed by atoms with E-state index in [0.29, 0.717) is 49.5 Å². The second kappa shape index (κ2) is 10.0. The number of nitrogens with one attached hydrogen (secondary N) is 2. The lowest BCUT2D eigenvalue weighted by Crippen LogP contribution is -2.48. The van der Waals surface area contributed by atoms with Gasteiger partial charge in [-0.1, -0.05) is 16.4 Å². The van der Waals surface area contributed by atoms with Crippen LogP contribution in [0, 0.1) is 6.92 Å². The van der Waals surface area contributed by atoms with Crippen LogP contribution >= 0.6 is 0 Å². The molecule has 3 aromatic rings. The number of H-pyrrole nitrogens is 1. The predicted molar refractivity (Wildman–Crippen MR) is 120 cm³/mol. The lowest BCUT2D eigenvalue weighted by atomic mass is 10.0. The van der Waals surface area contributed by atoms with Gasteiger partial charge in [0.05, 0.1) is 6.42 Å². The molecule has 180 valence electrons. The molecule has 12 nitrogen and oxygen atoms in total. The van der Waals surface area contributed by atoms with Crippen LogP contribution < -0.4 is 5.32 Å². The van der Waals surface area contributed by atoms with Gasteiger partial charge >= 0.3 is 11.9 Å². The molecule has 0 aliphatic carbocycles. The van der Waals surface area contributed by atoms with Gasteiger partial charge in [0.25, 0.3) is 0 Å². The third kappa shape index (κ3) is 5.24. The van der Waals surface area contributed by atoms with E-state index in [-0.39, 0.29) is 12.8 Å². The van der Waals surface area contributed by atoms with Gasteiger partial charge in [0.15, 0.2) is 0 Å². The second-order valence-electron chi connectivity index (χ2n) is 8.30. The van der Waals surface area contributed by atoms with Gasteiger partial charge in [0.1, 0.15) is 17.4 Å². The van der Waals surface area contributed by atoms with Gasteiger partial charge in [-0.3, -0.25) is 24.2 Å². The van der Waals surface area contributed by atoms with E-state index in [0.717, 1.165) is 16.8 Å². The minimum atomic E-state index is -1.04. The van der Waals surface area contributed by atoms with E-state index >= 15 is 0 Å². The fourth-order valence-electron chi connectivity index (χ4n) is 4.17. The normalized spacial score (nSPS) is 15.9. The second-order valence-corrected chi connectivity index (χ2v) is 8.30. The van der Waals surface area contributed by atoms with Crippen LogP contribution in [0.3, 0.4) is 0 Å². The predicted octanol–water partition coefficient (Wildman–Crippen LogP) is 1.61. The number of carbonyl (C=O) groups excluding carboxylic acids is 1. The van der Waals surface area contributed by atoms with E-state index in [2.05, 4.69) is 25.5 Å². The molecule has 4 N–H and O–H groups in total. The molecule has 1 aliphatic rings. The molecule has 0 bridgehead atoms. The van der Waals surface area contributed by atoms with Crippen molar-refractivity contribution >= 4 is 34.4 Å². The Morgan fingerprint density at radius 3 is 2.56 bits per heavy atom. The summed E-state index contributed by atoms with van der Waals surface area (Å²) in [6, 6.07) is 4.34. The maximum atomic E-state index is 12.3. The number of rotatable bonds is 9. The van der Waals surface area contributed by atoms with Crippen molar-refractivity contribution in [2.45, 2.75) is 32.4 Å². The van der Waals surface area contributed by atoms with Gasteiger partial charge < -0.3 is 20.5 Å². The fourth-order valence-corrected chi connectivity index (χ4v) is 4.17. The average molecular weight is 470 g/mol. The standard InChI is InChI=1S/C22H26N6O6/c1-13-18(26-34-25-13)12-27-6-8-28(9-7-27)21(22(32)33)16-11-23-17-10-14(2-3-15(16)17)24-19(29)4-5-20(30)31/h2-3,10-11,21,23H,4-9,12H2,1H3,(H,24,29)(H,30,31)(H,32,33)/t21-/m0/s1. The Labute approximate surface area is 194 Å². The Kier molecular flexibility index (Phi) is 6.89. The molecule has 4 rings (SSSR count). The molecule has 1 fully saturated rings. The molecule has 1 atom stereocenters. The van der Waals surface area contributed by atoms with Gasteiger partial charge in [0, 0.05) is 67.5 Å². The summed E-state index contributed by atoms with van der Waals surface area (Å²) in [5, 5.41) is 29.9. The maximum Gasteiger partial charge on any atom is 0.325 e. The summed E-state index contributed by atoms with van der Waals surface area (Å²) in [5.41, 5.74) is 3.38. The molecule has 0 spiro atoms. The van der Waals surface area contributed by atoms with E-state index in [1.54, 1.807) is 24.4 Å². The molecule has 1 saturated heterocycles. The summed E-state index contributed by atoms with van der Waals surface area (Å²) < 4.78 is 4.75. The quantitative estimate of drug-likeness (QED) is 0.361. The van der Waals surface area contributed by atoms with Crippen LogP contribution in [0.2, 0.25) is 0 Å². The van der Waals surface area contributed by atoms with Gasteiger partial charge in [-0.05, 0) is 19.1 Å². The molecular formula is C22H26N6O6. The van der Waals surface area contributed by atoms with E-state index in [1.807, 2.05) is 11.8 Å². The Hall–Kier alpha value is -3.77. The lowest BCUT2D eigenvalue weighted by Gasteiger charge is -2.37. The van der Waals surface area contributed by atoms with E-state index in [4.69, 9.17) is 9.74 Å². The first-order valence-electron chi connectivity index (χ1n) is 10.9. The highest BCUT2D eigenvalue weighted by Gasteiger charge is 2.32. The molecule has 1 aromatic carbocycles. The number of carboxylic acids is 2. The van der Waals surface area contributed by atoms with Crippen LogP contribution in [-0.2, 0) is 20.9 Å². The number of aromatic amines is 1. The minimum Gasteiger partial charge on any atom is -0.481 e. The van der Waals surface area contributed by atoms with Crippen molar-refractivity contribution in [1.29, 1.82) is 0 Å². The first kappa shape index (κ1) is 23.4. The highest BCUT2D eigenvalue weighted by Crippen LogP contribution is 2.31. The van der Waals surface area contributed by atoms with Crippen molar-refractivity contribution in [1.82, 2.24) is 25.1 Å². The lowest BCUT2D eigenvalue weighted by molar-refractivity contribution is -0.144. The Morgan fingerprint density at radius 1 is 1.15 bits per heavy atom. The zero-order valence-electron chi connectivity index (χ0n) is 18.7. The number of benzene rings is 1. The van der Waals surface area contributed by atoms with E-state index in [9.17, 15) is 19.5 Å². The van der Waals surface area contributed by atoms with Crippen molar-refractivity contribution in [3.05, 3.63) is 41.3 Å². The number of amides is 1. The van der Waals surface area contributed by atoms with Crippen molar-refractivity contribution in [2.75, 3.05) is 31.5 Å².